The molecule has 1 aromatic rings. The van der Waals surface area contributed by atoms with Crippen LogP contribution >= 0.6 is 0 Å². The minimum Gasteiger partial charge on any atom is -0.339 e. The summed E-state index contributed by atoms with van der Waals surface area (Å²) in [5.74, 6) is 0.785. The second kappa shape index (κ2) is 7.59. The molecule has 2 fully saturated rings. The summed E-state index contributed by atoms with van der Waals surface area (Å²) < 4.78 is 0. The van der Waals surface area contributed by atoms with Gasteiger partial charge in [0.15, 0.2) is 0 Å². The molecular weight excluding hydrogens is 272 g/mol. The lowest BCUT2D eigenvalue weighted by molar-refractivity contribution is -0.128. The Morgan fingerprint density at radius 2 is 2.00 bits per heavy atom. The van der Waals surface area contributed by atoms with Crippen molar-refractivity contribution in [2.75, 3.05) is 19.6 Å². The summed E-state index contributed by atoms with van der Waals surface area (Å²) in [5.41, 5.74) is 1.08. The lowest BCUT2D eigenvalue weighted by atomic mass is 9.86. The average Bonchev–Trinajstić information content (AvgIpc) is 2.61. The minimum atomic E-state index is 0.157. The zero-order valence-corrected chi connectivity index (χ0v) is 13.2. The number of piperidine rings is 2. The molecule has 0 unspecified atom stereocenters. The molecule has 0 aliphatic carbocycles. The van der Waals surface area contributed by atoms with Crippen LogP contribution in [0.1, 0.15) is 37.7 Å². The highest BCUT2D eigenvalue weighted by atomic mass is 16.2. The molecule has 1 aromatic carbocycles. The first kappa shape index (κ1) is 15.3. The van der Waals surface area contributed by atoms with Crippen LogP contribution in [0.3, 0.4) is 0 Å². The number of carbonyl (C=O) groups excluding carboxylic acids is 1. The number of carbonyl (C=O) groups is 1. The number of benzene rings is 1. The third-order valence-corrected chi connectivity index (χ3v) is 4.90. The number of amides is 1. The monoisotopic (exact) mass is 298 g/mol. The van der Waals surface area contributed by atoms with Gasteiger partial charge in [0, 0.05) is 25.2 Å². The number of likely N-dealkylation sites (tertiary alicyclic amines) is 1. The topological polar surface area (TPSA) is 32.3 Å². The van der Waals surface area contributed by atoms with Gasteiger partial charge in [-0.1, -0.05) is 36.8 Å². The molecule has 0 spiro atoms. The van der Waals surface area contributed by atoms with Gasteiger partial charge in [-0.15, -0.1) is 0 Å². The zero-order valence-electron chi connectivity index (χ0n) is 13.2. The van der Waals surface area contributed by atoms with Crippen molar-refractivity contribution in [2.24, 2.45) is 5.92 Å². The summed E-state index contributed by atoms with van der Waals surface area (Å²) >= 11 is 0. The predicted octanol–water partition coefficient (Wildman–Crippen LogP) is 3.08. The predicted molar refractivity (Wildman–Crippen MR) is 90.4 cm³/mol. The Bertz CT molecular complexity index is 505. The van der Waals surface area contributed by atoms with Crippen LogP contribution in [-0.2, 0) is 4.79 Å². The molecule has 0 aromatic heterocycles. The number of nitrogens with zero attached hydrogens (tertiary/aromatic N) is 1. The van der Waals surface area contributed by atoms with E-state index in [2.05, 4.69) is 5.32 Å². The highest BCUT2D eigenvalue weighted by molar-refractivity contribution is 5.91. The van der Waals surface area contributed by atoms with Gasteiger partial charge in [0.05, 0.1) is 0 Å². The molecule has 0 bridgehead atoms. The van der Waals surface area contributed by atoms with E-state index in [4.69, 9.17) is 0 Å². The maximum atomic E-state index is 12.4. The molecule has 1 amide bonds. The fourth-order valence-corrected chi connectivity index (χ4v) is 3.66. The molecule has 0 saturated carbocycles. The number of hydrogen-bond donors (Lipinski definition) is 1. The van der Waals surface area contributed by atoms with E-state index in [-0.39, 0.29) is 5.91 Å². The Morgan fingerprint density at radius 3 is 2.77 bits per heavy atom. The van der Waals surface area contributed by atoms with Gasteiger partial charge in [-0.25, -0.2) is 0 Å². The Labute approximate surface area is 133 Å². The van der Waals surface area contributed by atoms with Crippen LogP contribution < -0.4 is 5.32 Å². The van der Waals surface area contributed by atoms with Crippen molar-refractivity contribution in [3.05, 3.63) is 42.0 Å². The fraction of sp³-hybridized carbons (Fsp3) is 0.526. The van der Waals surface area contributed by atoms with E-state index in [0.29, 0.717) is 12.0 Å². The summed E-state index contributed by atoms with van der Waals surface area (Å²) in [6.45, 7) is 2.96. The Balaban J connectivity index is 1.57. The molecule has 1 N–H and O–H groups in total. The van der Waals surface area contributed by atoms with Gasteiger partial charge in [-0.05, 0) is 49.8 Å². The van der Waals surface area contributed by atoms with Crippen molar-refractivity contribution in [3.8, 4) is 0 Å². The Kier molecular flexibility index (Phi) is 5.28. The first-order valence-corrected chi connectivity index (χ1v) is 8.58. The number of nitrogens with one attached hydrogen (secondary N) is 1. The van der Waals surface area contributed by atoms with Gasteiger partial charge >= 0.3 is 0 Å². The Hall–Kier alpha value is -1.61. The minimum absolute atomic E-state index is 0.157. The van der Waals surface area contributed by atoms with E-state index in [9.17, 15) is 4.79 Å². The fourth-order valence-electron chi connectivity index (χ4n) is 3.66. The highest BCUT2D eigenvalue weighted by Gasteiger charge is 2.29. The van der Waals surface area contributed by atoms with Crippen molar-refractivity contribution < 1.29 is 4.79 Å². The van der Waals surface area contributed by atoms with Gasteiger partial charge in [0.25, 0.3) is 0 Å². The van der Waals surface area contributed by atoms with Crippen molar-refractivity contribution in [3.63, 3.8) is 0 Å². The van der Waals surface area contributed by atoms with E-state index < -0.39 is 0 Å². The van der Waals surface area contributed by atoms with Crippen LogP contribution in [-0.4, -0.2) is 36.5 Å². The van der Waals surface area contributed by atoms with Crippen molar-refractivity contribution >= 4 is 12.0 Å². The molecule has 2 heterocycles. The maximum absolute atomic E-state index is 12.4. The molecule has 2 saturated heterocycles. The van der Waals surface area contributed by atoms with Gasteiger partial charge in [0.1, 0.15) is 0 Å². The van der Waals surface area contributed by atoms with Gasteiger partial charge in [0.2, 0.25) is 5.91 Å². The summed E-state index contributed by atoms with van der Waals surface area (Å²) in [7, 11) is 0. The number of hydrogen-bond acceptors (Lipinski definition) is 2. The van der Waals surface area contributed by atoms with Crippen LogP contribution in [0.4, 0.5) is 0 Å². The lowest BCUT2D eigenvalue weighted by Gasteiger charge is -2.38. The van der Waals surface area contributed by atoms with Crippen LogP contribution in [0.15, 0.2) is 36.4 Å². The van der Waals surface area contributed by atoms with Crippen LogP contribution in [0.5, 0.6) is 0 Å². The first-order chi connectivity index (χ1) is 10.8. The second-order valence-electron chi connectivity index (χ2n) is 6.49. The van der Waals surface area contributed by atoms with E-state index in [1.54, 1.807) is 6.08 Å². The molecule has 2 aliphatic rings. The summed E-state index contributed by atoms with van der Waals surface area (Å²) in [4.78, 5) is 14.5. The summed E-state index contributed by atoms with van der Waals surface area (Å²) in [5, 5.41) is 3.65. The second-order valence-corrected chi connectivity index (χ2v) is 6.49. The highest BCUT2D eigenvalue weighted by Crippen LogP contribution is 2.24. The summed E-state index contributed by atoms with van der Waals surface area (Å²) in [6.07, 6.45) is 9.93. The molecule has 3 nitrogen and oxygen atoms in total. The van der Waals surface area contributed by atoms with Crippen molar-refractivity contribution in [1.82, 2.24) is 10.2 Å². The first-order valence-electron chi connectivity index (χ1n) is 8.58. The molecule has 22 heavy (non-hydrogen) atoms. The molecule has 0 radical (unpaired) electrons. The SMILES string of the molecule is O=C(C=Cc1ccccc1)N1CCC[C@@H]([C@@H]2CCCCN2)C1. The summed E-state index contributed by atoms with van der Waals surface area (Å²) in [6, 6.07) is 10.6. The lowest BCUT2D eigenvalue weighted by Crippen LogP contribution is -2.48. The normalized spacial score (nSPS) is 26.3. The van der Waals surface area contributed by atoms with Gasteiger partial charge in [-0.2, -0.15) is 0 Å². The smallest absolute Gasteiger partial charge is 0.246 e. The van der Waals surface area contributed by atoms with E-state index in [1.807, 2.05) is 41.3 Å². The molecule has 2 atom stereocenters. The zero-order chi connectivity index (χ0) is 15.2. The third-order valence-electron chi connectivity index (χ3n) is 4.90. The van der Waals surface area contributed by atoms with Crippen LogP contribution in [0, 0.1) is 5.92 Å². The van der Waals surface area contributed by atoms with Crippen molar-refractivity contribution in [2.45, 2.75) is 38.1 Å². The van der Waals surface area contributed by atoms with Crippen molar-refractivity contribution in [1.29, 1.82) is 0 Å². The molecule has 3 rings (SSSR count). The van der Waals surface area contributed by atoms with Crippen LogP contribution in [0.2, 0.25) is 0 Å². The molecular formula is C19H26N2O. The van der Waals surface area contributed by atoms with E-state index in [1.165, 1.54) is 25.7 Å². The maximum Gasteiger partial charge on any atom is 0.246 e. The largest absolute Gasteiger partial charge is 0.339 e. The van der Waals surface area contributed by atoms with Crippen LogP contribution in [0.25, 0.3) is 6.08 Å². The van der Waals surface area contributed by atoms with Gasteiger partial charge in [-0.3, -0.25) is 4.79 Å². The van der Waals surface area contributed by atoms with Gasteiger partial charge < -0.3 is 10.2 Å². The molecule has 118 valence electrons. The van der Waals surface area contributed by atoms with E-state index >= 15 is 0 Å². The molecule has 3 heteroatoms. The Morgan fingerprint density at radius 1 is 1.14 bits per heavy atom. The third kappa shape index (κ3) is 3.98. The van der Waals surface area contributed by atoms with E-state index in [0.717, 1.165) is 31.6 Å². The quantitative estimate of drug-likeness (QED) is 0.870. The molecule has 2 aliphatic heterocycles. The number of rotatable bonds is 3. The standard InChI is InChI=1S/C19H26N2O/c22-19(12-11-16-7-2-1-3-8-16)21-14-6-9-17(15-21)18-10-4-5-13-20-18/h1-3,7-8,11-12,17-18,20H,4-6,9-10,13-15H2/t17-,18+/m1/s1. The average molecular weight is 298 g/mol.